The van der Waals surface area contributed by atoms with E-state index in [0.29, 0.717) is 24.1 Å². The minimum absolute atomic E-state index is 0.0220. The van der Waals surface area contributed by atoms with Gasteiger partial charge in [0.25, 0.3) is 0 Å². The second-order valence-corrected chi connectivity index (χ2v) is 8.59. The maximum Gasteiger partial charge on any atom is 0.246 e. The Morgan fingerprint density at radius 2 is 2.10 bits per heavy atom. The number of anilines is 1. The highest BCUT2D eigenvalue weighted by atomic mass is 32.2. The van der Waals surface area contributed by atoms with Crippen LogP contribution >= 0.6 is 0 Å². The van der Waals surface area contributed by atoms with E-state index in [4.69, 9.17) is 10.00 Å². The Bertz CT molecular complexity index is 1070. The maximum atomic E-state index is 13.7. The molecule has 1 fully saturated rings. The predicted octanol–water partition coefficient (Wildman–Crippen LogP) is 2.75. The molecule has 7 nitrogen and oxygen atoms in total. The van der Waals surface area contributed by atoms with E-state index in [-0.39, 0.29) is 29.6 Å². The van der Waals surface area contributed by atoms with E-state index in [1.54, 1.807) is 24.3 Å². The Hall–Kier alpha value is -2.96. The van der Waals surface area contributed by atoms with Gasteiger partial charge in [0.2, 0.25) is 15.9 Å². The van der Waals surface area contributed by atoms with Crippen molar-refractivity contribution in [2.45, 2.75) is 17.7 Å². The van der Waals surface area contributed by atoms with E-state index < -0.39 is 21.8 Å². The fourth-order valence-electron chi connectivity index (χ4n) is 3.28. The van der Waals surface area contributed by atoms with Gasteiger partial charge < -0.3 is 10.1 Å². The number of benzene rings is 2. The van der Waals surface area contributed by atoms with Crippen LogP contribution in [0.2, 0.25) is 0 Å². The van der Waals surface area contributed by atoms with Crippen molar-refractivity contribution < 1.29 is 22.3 Å². The highest BCUT2D eigenvalue weighted by Crippen LogP contribution is 2.30. The van der Waals surface area contributed by atoms with Crippen molar-refractivity contribution in [3.63, 3.8) is 0 Å². The monoisotopic (exact) mass is 417 g/mol. The zero-order chi connectivity index (χ0) is 21.0. The molecule has 0 aromatic heterocycles. The molecule has 1 atom stereocenters. The molecule has 0 unspecified atom stereocenters. The quantitative estimate of drug-likeness (QED) is 0.806. The second-order valence-electron chi connectivity index (χ2n) is 6.68. The van der Waals surface area contributed by atoms with Crippen molar-refractivity contribution in [2.75, 3.05) is 25.5 Å². The van der Waals surface area contributed by atoms with Gasteiger partial charge in [-0.3, -0.25) is 4.79 Å². The van der Waals surface area contributed by atoms with Crippen LogP contribution in [-0.4, -0.2) is 38.8 Å². The van der Waals surface area contributed by atoms with Crippen LogP contribution in [-0.2, 0) is 14.8 Å². The first-order valence-corrected chi connectivity index (χ1v) is 10.4. The zero-order valence-electron chi connectivity index (χ0n) is 15.8. The molecule has 9 heteroatoms. The SMILES string of the molecule is COc1ccc(F)cc1S(=O)(=O)N1CCC[C@@H](C(=O)Nc2cccc(C#N)c2)C1. The van der Waals surface area contributed by atoms with Crippen LogP contribution in [0.3, 0.4) is 0 Å². The number of nitriles is 1. The number of rotatable bonds is 5. The summed E-state index contributed by atoms with van der Waals surface area (Å²) in [5.74, 6) is -1.53. The molecule has 1 amide bonds. The van der Waals surface area contributed by atoms with E-state index in [9.17, 15) is 17.6 Å². The topological polar surface area (TPSA) is 99.5 Å². The van der Waals surface area contributed by atoms with Gasteiger partial charge in [-0.1, -0.05) is 6.07 Å². The summed E-state index contributed by atoms with van der Waals surface area (Å²) in [5.41, 5.74) is 0.884. The highest BCUT2D eigenvalue weighted by Gasteiger charge is 2.35. The molecule has 1 aliphatic rings. The van der Waals surface area contributed by atoms with Crippen LogP contribution in [0.25, 0.3) is 0 Å². The second kappa shape index (κ2) is 8.59. The Balaban J connectivity index is 1.78. The van der Waals surface area contributed by atoms with Crippen LogP contribution in [0.1, 0.15) is 18.4 Å². The third-order valence-corrected chi connectivity index (χ3v) is 6.64. The van der Waals surface area contributed by atoms with Gasteiger partial charge in [-0.05, 0) is 49.2 Å². The smallest absolute Gasteiger partial charge is 0.246 e. The number of hydrogen-bond donors (Lipinski definition) is 1. The van der Waals surface area contributed by atoms with Gasteiger partial charge in [-0.25, -0.2) is 12.8 Å². The first kappa shape index (κ1) is 20.8. The molecule has 152 valence electrons. The fourth-order valence-corrected chi connectivity index (χ4v) is 4.97. The van der Waals surface area contributed by atoms with E-state index in [1.807, 2.05) is 6.07 Å². The van der Waals surface area contributed by atoms with E-state index >= 15 is 0 Å². The van der Waals surface area contributed by atoms with Gasteiger partial charge >= 0.3 is 0 Å². The van der Waals surface area contributed by atoms with Crippen LogP contribution in [0, 0.1) is 23.1 Å². The summed E-state index contributed by atoms with van der Waals surface area (Å²) in [5, 5.41) is 11.7. The third-order valence-electron chi connectivity index (χ3n) is 4.76. The van der Waals surface area contributed by atoms with Crippen LogP contribution in [0.4, 0.5) is 10.1 Å². The van der Waals surface area contributed by atoms with Crippen LogP contribution in [0.15, 0.2) is 47.4 Å². The van der Waals surface area contributed by atoms with Gasteiger partial charge in [0.1, 0.15) is 16.5 Å². The van der Waals surface area contributed by atoms with Gasteiger partial charge in [0.15, 0.2) is 0 Å². The van der Waals surface area contributed by atoms with Crippen molar-refractivity contribution in [1.82, 2.24) is 4.31 Å². The van der Waals surface area contributed by atoms with Crippen LogP contribution in [0.5, 0.6) is 5.75 Å². The molecule has 1 saturated heterocycles. The van der Waals surface area contributed by atoms with E-state index in [0.717, 1.165) is 12.1 Å². The number of halogens is 1. The Kier molecular flexibility index (Phi) is 6.15. The third kappa shape index (κ3) is 4.55. The largest absolute Gasteiger partial charge is 0.495 e. The van der Waals surface area contributed by atoms with Crippen molar-refractivity contribution in [2.24, 2.45) is 5.92 Å². The lowest BCUT2D eigenvalue weighted by Gasteiger charge is -2.31. The lowest BCUT2D eigenvalue weighted by molar-refractivity contribution is -0.120. The first-order valence-electron chi connectivity index (χ1n) is 9.00. The number of methoxy groups -OCH3 is 1. The molecule has 0 radical (unpaired) electrons. The lowest BCUT2D eigenvalue weighted by Crippen LogP contribution is -2.43. The Morgan fingerprint density at radius 3 is 2.83 bits per heavy atom. The molecule has 2 aromatic rings. The number of hydrogen-bond acceptors (Lipinski definition) is 5. The number of carbonyl (C=O) groups excluding carboxylic acids is 1. The van der Waals surface area contributed by atoms with Gasteiger partial charge in [0.05, 0.1) is 24.7 Å². The number of carbonyl (C=O) groups is 1. The molecule has 0 aliphatic carbocycles. The molecule has 1 aliphatic heterocycles. The average molecular weight is 417 g/mol. The molecule has 2 aromatic carbocycles. The minimum Gasteiger partial charge on any atom is -0.495 e. The zero-order valence-corrected chi connectivity index (χ0v) is 16.6. The van der Waals surface area contributed by atoms with Crippen LogP contribution < -0.4 is 10.1 Å². The molecule has 0 saturated carbocycles. The molecule has 29 heavy (non-hydrogen) atoms. The lowest BCUT2D eigenvalue weighted by atomic mass is 9.98. The Labute approximate surface area is 168 Å². The van der Waals surface area contributed by atoms with E-state index in [2.05, 4.69) is 5.32 Å². The van der Waals surface area contributed by atoms with Crippen molar-refractivity contribution in [3.8, 4) is 11.8 Å². The van der Waals surface area contributed by atoms with E-state index in [1.165, 1.54) is 17.5 Å². The summed E-state index contributed by atoms with van der Waals surface area (Å²) in [7, 11) is -2.72. The average Bonchev–Trinajstić information content (AvgIpc) is 2.74. The summed E-state index contributed by atoms with van der Waals surface area (Å²) >= 11 is 0. The predicted molar refractivity (Wildman–Crippen MR) is 104 cm³/mol. The normalized spacial score (nSPS) is 17.3. The molecule has 0 bridgehead atoms. The number of amides is 1. The van der Waals surface area contributed by atoms with Crippen molar-refractivity contribution in [1.29, 1.82) is 5.26 Å². The van der Waals surface area contributed by atoms with Crippen molar-refractivity contribution in [3.05, 3.63) is 53.8 Å². The standard InChI is InChI=1S/C20H20FN3O4S/c1-28-18-8-7-16(21)11-19(18)29(26,27)24-9-3-5-15(13-24)20(25)23-17-6-2-4-14(10-17)12-22/h2,4,6-8,10-11,15H,3,5,9,13H2,1H3,(H,23,25)/t15-/m1/s1. The number of nitrogens with zero attached hydrogens (tertiary/aromatic N) is 2. The number of piperidine rings is 1. The van der Waals surface area contributed by atoms with Gasteiger partial charge in [0, 0.05) is 18.8 Å². The molecular formula is C20H20FN3O4S. The summed E-state index contributed by atoms with van der Waals surface area (Å²) in [6.45, 7) is 0.210. The summed E-state index contributed by atoms with van der Waals surface area (Å²) < 4.78 is 46.0. The fraction of sp³-hybridized carbons (Fsp3) is 0.300. The molecule has 1 heterocycles. The highest BCUT2D eigenvalue weighted by molar-refractivity contribution is 7.89. The molecule has 0 spiro atoms. The van der Waals surface area contributed by atoms with Gasteiger partial charge in [-0.15, -0.1) is 0 Å². The molecular weight excluding hydrogens is 397 g/mol. The maximum absolute atomic E-state index is 13.7. The first-order chi connectivity index (χ1) is 13.8. The Morgan fingerprint density at radius 1 is 1.31 bits per heavy atom. The van der Waals surface area contributed by atoms with Crippen molar-refractivity contribution >= 4 is 21.6 Å². The minimum atomic E-state index is -4.03. The van der Waals surface area contributed by atoms with Gasteiger partial charge in [-0.2, -0.15) is 9.57 Å². The number of sulfonamides is 1. The number of ether oxygens (including phenoxy) is 1. The molecule has 3 rings (SSSR count). The number of nitrogens with one attached hydrogen (secondary N) is 1. The summed E-state index contributed by atoms with van der Waals surface area (Å²) in [6.07, 6.45) is 1.02. The summed E-state index contributed by atoms with van der Waals surface area (Å²) in [4.78, 5) is 12.4. The summed E-state index contributed by atoms with van der Waals surface area (Å²) in [6, 6.07) is 11.8. The molecule has 1 N–H and O–H groups in total.